The number of aromatic nitrogens is 2. The summed E-state index contributed by atoms with van der Waals surface area (Å²) in [6.45, 7) is 0. The molecule has 4 aromatic rings. The zero-order chi connectivity index (χ0) is 20.9. The fraction of sp³-hybridized carbons (Fsp3) is 0.0870. The molecule has 3 aromatic carbocycles. The Kier molecular flexibility index (Phi) is 6.16. The Morgan fingerprint density at radius 3 is 2.60 bits per heavy atom. The number of para-hydroxylation sites is 2. The molecule has 0 atom stereocenters. The lowest BCUT2D eigenvalue weighted by Crippen LogP contribution is -2.14. The normalized spacial score (nSPS) is 10.7. The summed E-state index contributed by atoms with van der Waals surface area (Å²) in [6.07, 6.45) is 0. The van der Waals surface area contributed by atoms with Gasteiger partial charge in [0.05, 0.1) is 24.1 Å². The molecule has 0 aliphatic heterocycles. The molecular weight excluding hydrogens is 418 g/mol. The lowest BCUT2D eigenvalue weighted by atomic mass is 10.2. The SMILES string of the molecule is COc1ccccc1NC(=O)CSc1nc(-c2ccccc2)nc2ccc(Cl)cc12. The van der Waals surface area contributed by atoms with Gasteiger partial charge in [-0.25, -0.2) is 9.97 Å². The van der Waals surface area contributed by atoms with Crippen molar-refractivity contribution in [3.05, 3.63) is 77.8 Å². The third-order valence-electron chi connectivity index (χ3n) is 4.38. The van der Waals surface area contributed by atoms with Crippen LogP contribution in [0.25, 0.3) is 22.3 Å². The number of thioether (sulfide) groups is 1. The van der Waals surface area contributed by atoms with Gasteiger partial charge >= 0.3 is 0 Å². The average Bonchev–Trinajstić information content (AvgIpc) is 2.78. The summed E-state index contributed by atoms with van der Waals surface area (Å²) in [5.41, 5.74) is 2.32. The fourth-order valence-corrected chi connectivity index (χ4v) is 3.95. The Balaban J connectivity index is 1.61. The Morgan fingerprint density at radius 2 is 1.80 bits per heavy atom. The third kappa shape index (κ3) is 4.56. The van der Waals surface area contributed by atoms with Crippen LogP contribution < -0.4 is 10.1 Å². The van der Waals surface area contributed by atoms with Crippen molar-refractivity contribution >= 4 is 45.9 Å². The van der Waals surface area contributed by atoms with E-state index in [2.05, 4.69) is 10.3 Å². The van der Waals surface area contributed by atoms with E-state index in [1.807, 2.05) is 54.6 Å². The van der Waals surface area contributed by atoms with Gasteiger partial charge in [0.2, 0.25) is 5.91 Å². The van der Waals surface area contributed by atoms with Crippen molar-refractivity contribution in [1.82, 2.24) is 9.97 Å². The first-order valence-corrected chi connectivity index (χ1v) is 10.6. The van der Waals surface area contributed by atoms with Gasteiger partial charge in [-0.1, -0.05) is 65.8 Å². The minimum Gasteiger partial charge on any atom is -0.495 e. The summed E-state index contributed by atoms with van der Waals surface area (Å²) in [5.74, 6) is 1.25. The molecule has 0 unspecified atom stereocenters. The Morgan fingerprint density at radius 1 is 1.03 bits per heavy atom. The van der Waals surface area contributed by atoms with Gasteiger partial charge in [0, 0.05) is 16.0 Å². The number of amides is 1. The Hall–Kier alpha value is -3.09. The summed E-state index contributed by atoms with van der Waals surface area (Å²) < 4.78 is 5.29. The van der Waals surface area contributed by atoms with E-state index in [4.69, 9.17) is 21.3 Å². The number of fused-ring (bicyclic) bond motifs is 1. The highest BCUT2D eigenvalue weighted by molar-refractivity contribution is 8.00. The van der Waals surface area contributed by atoms with E-state index >= 15 is 0 Å². The molecule has 0 radical (unpaired) electrons. The Labute approximate surface area is 183 Å². The van der Waals surface area contributed by atoms with Gasteiger partial charge in [0.15, 0.2) is 5.82 Å². The van der Waals surface area contributed by atoms with Gasteiger partial charge < -0.3 is 10.1 Å². The highest BCUT2D eigenvalue weighted by atomic mass is 35.5. The number of nitrogens with one attached hydrogen (secondary N) is 1. The van der Waals surface area contributed by atoms with Crippen molar-refractivity contribution in [3.8, 4) is 17.1 Å². The predicted octanol–water partition coefficient (Wildman–Crippen LogP) is 5.69. The van der Waals surface area contributed by atoms with Crippen molar-refractivity contribution in [2.45, 2.75) is 5.03 Å². The minimum absolute atomic E-state index is 0.153. The first kappa shape index (κ1) is 20.2. The first-order chi connectivity index (χ1) is 14.6. The summed E-state index contributed by atoms with van der Waals surface area (Å²) in [5, 5.41) is 5.00. The molecule has 30 heavy (non-hydrogen) atoms. The number of hydrogen-bond donors (Lipinski definition) is 1. The van der Waals surface area contributed by atoms with Crippen LogP contribution in [0.15, 0.2) is 77.8 Å². The quantitative estimate of drug-likeness (QED) is 0.311. The number of carbonyl (C=O) groups is 1. The molecule has 0 aliphatic rings. The van der Waals surface area contributed by atoms with Crippen molar-refractivity contribution in [2.75, 3.05) is 18.2 Å². The molecule has 4 rings (SSSR count). The van der Waals surface area contributed by atoms with E-state index < -0.39 is 0 Å². The standard InChI is InChI=1S/C23H18ClN3O2S/c1-29-20-10-6-5-9-19(20)25-21(28)14-30-23-17-13-16(24)11-12-18(17)26-22(27-23)15-7-3-2-4-8-15/h2-13H,14H2,1H3,(H,25,28). The Bertz CT molecular complexity index is 1200. The lowest BCUT2D eigenvalue weighted by Gasteiger charge is -2.11. The van der Waals surface area contributed by atoms with Crippen molar-refractivity contribution < 1.29 is 9.53 Å². The average molecular weight is 436 g/mol. The smallest absolute Gasteiger partial charge is 0.234 e. The van der Waals surface area contributed by atoms with Crippen LogP contribution in [-0.4, -0.2) is 28.7 Å². The largest absolute Gasteiger partial charge is 0.495 e. The molecule has 5 nitrogen and oxygen atoms in total. The van der Waals surface area contributed by atoms with E-state index in [1.165, 1.54) is 11.8 Å². The van der Waals surface area contributed by atoms with Crippen LogP contribution >= 0.6 is 23.4 Å². The van der Waals surface area contributed by atoms with Crippen LogP contribution in [0, 0.1) is 0 Å². The molecule has 0 saturated carbocycles. The van der Waals surface area contributed by atoms with E-state index in [1.54, 1.807) is 25.3 Å². The number of hydrogen-bond acceptors (Lipinski definition) is 5. The molecule has 1 aromatic heterocycles. The van der Waals surface area contributed by atoms with E-state index in [0.717, 1.165) is 16.5 Å². The van der Waals surface area contributed by atoms with Crippen LogP contribution in [-0.2, 0) is 4.79 Å². The molecule has 1 amide bonds. The summed E-state index contributed by atoms with van der Waals surface area (Å²) in [7, 11) is 1.57. The maximum Gasteiger partial charge on any atom is 0.234 e. The zero-order valence-electron chi connectivity index (χ0n) is 16.1. The first-order valence-electron chi connectivity index (χ1n) is 9.22. The lowest BCUT2D eigenvalue weighted by molar-refractivity contribution is -0.113. The summed E-state index contributed by atoms with van der Waals surface area (Å²) >= 11 is 7.54. The van der Waals surface area contributed by atoms with Crippen LogP contribution in [0.3, 0.4) is 0 Å². The van der Waals surface area contributed by atoms with Crippen LogP contribution in [0.2, 0.25) is 5.02 Å². The van der Waals surface area contributed by atoms with E-state index in [0.29, 0.717) is 27.3 Å². The maximum absolute atomic E-state index is 12.6. The minimum atomic E-state index is -0.153. The van der Waals surface area contributed by atoms with Gasteiger partial charge in [-0.15, -0.1) is 0 Å². The van der Waals surface area contributed by atoms with Gasteiger partial charge in [-0.05, 0) is 30.3 Å². The number of rotatable bonds is 6. The fourth-order valence-electron chi connectivity index (χ4n) is 2.97. The van der Waals surface area contributed by atoms with Crippen LogP contribution in [0.5, 0.6) is 5.75 Å². The van der Waals surface area contributed by atoms with Gasteiger partial charge in [-0.3, -0.25) is 4.79 Å². The van der Waals surface area contributed by atoms with Gasteiger partial charge in [0.1, 0.15) is 10.8 Å². The summed E-state index contributed by atoms with van der Waals surface area (Å²) in [6, 6.07) is 22.5. The van der Waals surface area contributed by atoms with Crippen molar-refractivity contribution in [1.29, 1.82) is 0 Å². The third-order valence-corrected chi connectivity index (χ3v) is 5.60. The molecule has 1 N–H and O–H groups in total. The number of nitrogens with zero attached hydrogens (tertiary/aromatic N) is 2. The zero-order valence-corrected chi connectivity index (χ0v) is 17.7. The van der Waals surface area contributed by atoms with Crippen molar-refractivity contribution in [3.63, 3.8) is 0 Å². The highest BCUT2D eigenvalue weighted by Crippen LogP contribution is 2.31. The number of anilines is 1. The second-order valence-corrected chi connectivity index (χ2v) is 7.82. The molecule has 7 heteroatoms. The summed E-state index contributed by atoms with van der Waals surface area (Å²) in [4.78, 5) is 21.9. The molecule has 0 bridgehead atoms. The predicted molar refractivity (Wildman–Crippen MR) is 122 cm³/mol. The number of methoxy groups -OCH3 is 1. The molecular formula is C23H18ClN3O2S. The molecule has 0 fully saturated rings. The second-order valence-electron chi connectivity index (χ2n) is 6.42. The topological polar surface area (TPSA) is 64.1 Å². The molecule has 0 saturated heterocycles. The maximum atomic E-state index is 12.6. The number of carbonyl (C=O) groups excluding carboxylic acids is 1. The molecule has 0 aliphatic carbocycles. The molecule has 0 spiro atoms. The number of ether oxygens (including phenoxy) is 1. The van der Waals surface area contributed by atoms with Gasteiger partial charge in [0.25, 0.3) is 0 Å². The number of halogens is 1. The van der Waals surface area contributed by atoms with Gasteiger partial charge in [-0.2, -0.15) is 0 Å². The number of benzene rings is 3. The van der Waals surface area contributed by atoms with Crippen molar-refractivity contribution in [2.24, 2.45) is 0 Å². The molecule has 1 heterocycles. The van der Waals surface area contributed by atoms with Crippen LogP contribution in [0.1, 0.15) is 0 Å². The van der Waals surface area contributed by atoms with Crippen LogP contribution in [0.4, 0.5) is 5.69 Å². The van der Waals surface area contributed by atoms with E-state index in [9.17, 15) is 4.79 Å². The molecule has 150 valence electrons. The second kappa shape index (κ2) is 9.15. The van der Waals surface area contributed by atoms with E-state index in [-0.39, 0.29) is 11.7 Å². The monoisotopic (exact) mass is 435 g/mol. The highest BCUT2D eigenvalue weighted by Gasteiger charge is 2.13.